The van der Waals surface area contributed by atoms with E-state index in [1.54, 1.807) is 18.4 Å². The molecule has 5 nitrogen and oxygen atoms in total. The molecule has 1 atom stereocenters. The van der Waals surface area contributed by atoms with Crippen molar-refractivity contribution in [2.45, 2.75) is 32.2 Å². The molecular formula is C20H30N4OS2. The van der Waals surface area contributed by atoms with Crippen LogP contribution < -0.4 is 5.32 Å². The minimum atomic E-state index is 0.0389. The molecule has 1 aromatic heterocycles. The lowest BCUT2D eigenvalue weighted by Gasteiger charge is -2.21. The number of hydrogen-bond donors (Lipinski definition) is 1. The van der Waals surface area contributed by atoms with Crippen LogP contribution in [0.15, 0.2) is 34.6 Å². The first kappa shape index (κ1) is 21.7. The zero-order valence-electron chi connectivity index (χ0n) is 16.9. The summed E-state index contributed by atoms with van der Waals surface area (Å²) in [4.78, 5) is 11.1. The number of guanidine groups is 1. The molecular weight excluding hydrogens is 376 g/mol. The van der Waals surface area contributed by atoms with Crippen molar-refractivity contribution < 1.29 is 4.74 Å². The molecule has 2 rings (SSSR count). The van der Waals surface area contributed by atoms with Gasteiger partial charge in [0.2, 0.25) is 0 Å². The standard InChI is InChI=1S/C20H30N4OS2/c1-15-6-8-17(9-7-15)13-26-11-10-22-20(21-3)24(4)12-18-14-27-19(23-18)16(2)25-5/h6-9,14,16H,10-13H2,1-5H3,(H,21,22). The molecule has 0 saturated carbocycles. The van der Waals surface area contributed by atoms with E-state index >= 15 is 0 Å². The first-order valence-corrected chi connectivity index (χ1v) is 11.1. The third-order valence-electron chi connectivity index (χ3n) is 4.16. The van der Waals surface area contributed by atoms with Gasteiger partial charge in [0.05, 0.1) is 12.2 Å². The maximum Gasteiger partial charge on any atom is 0.193 e. The highest BCUT2D eigenvalue weighted by Gasteiger charge is 2.12. The number of ether oxygens (including phenoxy) is 1. The second kappa shape index (κ2) is 11.3. The van der Waals surface area contributed by atoms with E-state index in [4.69, 9.17) is 4.74 Å². The average Bonchev–Trinajstić information content (AvgIpc) is 3.13. The van der Waals surface area contributed by atoms with Crippen LogP contribution in [0, 0.1) is 6.92 Å². The van der Waals surface area contributed by atoms with E-state index < -0.39 is 0 Å². The van der Waals surface area contributed by atoms with Gasteiger partial charge in [-0.05, 0) is 19.4 Å². The van der Waals surface area contributed by atoms with E-state index in [0.29, 0.717) is 0 Å². The molecule has 0 radical (unpaired) electrons. The molecule has 0 aliphatic heterocycles. The molecule has 0 aliphatic rings. The topological polar surface area (TPSA) is 49.8 Å². The molecule has 0 fully saturated rings. The number of nitrogens with one attached hydrogen (secondary N) is 1. The van der Waals surface area contributed by atoms with Gasteiger partial charge in [-0.15, -0.1) is 11.3 Å². The summed E-state index contributed by atoms with van der Waals surface area (Å²) in [7, 11) is 5.56. The van der Waals surface area contributed by atoms with Gasteiger partial charge in [0.15, 0.2) is 5.96 Å². The van der Waals surface area contributed by atoms with Crippen LogP contribution in [-0.2, 0) is 17.0 Å². The molecule has 148 valence electrons. The Labute approximate surface area is 171 Å². The number of aromatic nitrogens is 1. The summed E-state index contributed by atoms with van der Waals surface area (Å²) < 4.78 is 5.33. The third kappa shape index (κ3) is 7.16. The lowest BCUT2D eigenvalue weighted by atomic mass is 10.2. The predicted octanol–water partition coefficient (Wildman–Crippen LogP) is 4.10. The Balaban J connectivity index is 1.72. The Morgan fingerprint density at radius 1 is 1.37 bits per heavy atom. The number of nitrogens with zero attached hydrogens (tertiary/aromatic N) is 3. The number of rotatable bonds is 9. The molecule has 27 heavy (non-hydrogen) atoms. The van der Waals surface area contributed by atoms with E-state index in [1.807, 2.05) is 32.8 Å². The Morgan fingerprint density at radius 2 is 2.11 bits per heavy atom. The minimum Gasteiger partial charge on any atom is -0.375 e. The zero-order valence-corrected chi connectivity index (χ0v) is 18.5. The number of thiazole rings is 1. The van der Waals surface area contributed by atoms with Gasteiger partial charge in [-0.3, -0.25) is 4.99 Å². The van der Waals surface area contributed by atoms with Crippen LogP contribution in [0.2, 0.25) is 0 Å². The number of aryl methyl sites for hydroxylation is 1. The van der Waals surface area contributed by atoms with Crippen molar-refractivity contribution in [2.75, 3.05) is 33.5 Å². The van der Waals surface area contributed by atoms with Gasteiger partial charge in [-0.1, -0.05) is 29.8 Å². The number of benzene rings is 1. The first-order chi connectivity index (χ1) is 13.0. The Kier molecular flexibility index (Phi) is 9.10. The Bertz CT molecular complexity index is 715. The summed E-state index contributed by atoms with van der Waals surface area (Å²) in [6, 6.07) is 8.74. The van der Waals surface area contributed by atoms with E-state index in [-0.39, 0.29) is 6.10 Å². The van der Waals surface area contributed by atoms with Crippen molar-refractivity contribution >= 4 is 29.1 Å². The molecule has 0 spiro atoms. The van der Waals surface area contributed by atoms with Crippen molar-refractivity contribution in [1.29, 1.82) is 0 Å². The van der Waals surface area contributed by atoms with Gasteiger partial charge in [-0.25, -0.2) is 4.98 Å². The fraction of sp³-hybridized carbons (Fsp3) is 0.500. The average molecular weight is 407 g/mol. The maximum atomic E-state index is 5.33. The predicted molar refractivity (Wildman–Crippen MR) is 118 cm³/mol. The molecule has 1 heterocycles. The van der Waals surface area contributed by atoms with Gasteiger partial charge < -0.3 is 15.0 Å². The second-order valence-electron chi connectivity index (χ2n) is 6.42. The third-order valence-corrected chi connectivity index (χ3v) is 6.25. The second-order valence-corrected chi connectivity index (χ2v) is 8.42. The van der Waals surface area contributed by atoms with Crippen LogP contribution >= 0.6 is 23.1 Å². The Hall–Kier alpha value is -1.57. The van der Waals surface area contributed by atoms with Crippen LogP contribution in [0.3, 0.4) is 0 Å². The number of aliphatic imine (C=N–C) groups is 1. The Morgan fingerprint density at radius 3 is 2.78 bits per heavy atom. The first-order valence-electron chi connectivity index (χ1n) is 9.05. The summed E-state index contributed by atoms with van der Waals surface area (Å²) in [6.07, 6.45) is 0.0389. The fourth-order valence-electron chi connectivity index (χ4n) is 2.49. The summed E-state index contributed by atoms with van der Waals surface area (Å²) >= 11 is 3.57. The van der Waals surface area contributed by atoms with Gasteiger partial charge in [0.1, 0.15) is 11.1 Å². The van der Waals surface area contributed by atoms with Crippen LogP contribution in [0.5, 0.6) is 0 Å². The number of methoxy groups -OCH3 is 1. The van der Waals surface area contributed by atoms with E-state index in [0.717, 1.165) is 41.3 Å². The highest BCUT2D eigenvalue weighted by molar-refractivity contribution is 7.98. The highest BCUT2D eigenvalue weighted by atomic mass is 32.2. The smallest absolute Gasteiger partial charge is 0.193 e. The SMILES string of the molecule is CN=C(NCCSCc1ccc(C)cc1)N(C)Cc1csc(C(C)OC)n1. The van der Waals surface area contributed by atoms with Crippen molar-refractivity contribution in [3.8, 4) is 0 Å². The van der Waals surface area contributed by atoms with Crippen molar-refractivity contribution in [1.82, 2.24) is 15.2 Å². The van der Waals surface area contributed by atoms with Crippen molar-refractivity contribution in [3.63, 3.8) is 0 Å². The maximum absolute atomic E-state index is 5.33. The van der Waals surface area contributed by atoms with E-state index in [1.165, 1.54) is 11.1 Å². The van der Waals surface area contributed by atoms with Gasteiger partial charge >= 0.3 is 0 Å². The molecule has 0 bridgehead atoms. The van der Waals surface area contributed by atoms with E-state index in [2.05, 4.69) is 56.8 Å². The quantitative estimate of drug-likeness (QED) is 0.386. The van der Waals surface area contributed by atoms with Crippen LogP contribution in [0.25, 0.3) is 0 Å². The molecule has 1 aromatic carbocycles. The molecule has 2 aromatic rings. The normalized spacial score (nSPS) is 12.9. The summed E-state index contributed by atoms with van der Waals surface area (Å²) in [5.41, 5.74) is 3.72. The molecule has 7 heteroatoms. The summed E-state index contributed by atoms with van der Waals surface area (Å²) in [6.45, 7) is 5.74. The molecule has 0 saturated heterocycles. The van der Waals surface area contributed by atoms with Gasteiger partial charge in [-0.2, -0.15) is 11.8 Å². The summed E-state index contributed by atoms with van der Waals surface area (Å²) in [5, 5.41) is 6.53. The number of thioether (sulfide) groups is 1. The summed E-state index contributed by atoms with van der Waals surface area (Å²) in [5.74, 6) is 2.96. The fourth-order valence-corrected chi connectivity index (χ4v) is 4.16. The van der Waals surface area contributed by atoms with Crippen molar-refractivity contribution in [2.24, 2.45) is 4.99 Å². The number of hydrogen-bond acceptors (Lipinski definition) is 5. The lowest BCUT2D eigenvalue weighted by Crippen LogP contribution is -2.39. The molecule has 0 aliphatic carbocycles. The molecule has 1 N–H and O–H groups in total. The largest absolute Gasteiger partial charge is 0.375 e. The molecule has 0 amide bonds. The van der Waals surface area contributed by atoms with Crippen molar-refractivity contribution in [3.05, 3.63) is 51.5 Å². The van der Waals surface area contributed by atoms with E-state index in [9.17, 15) is 0 Å². The van der Waals surface area contributed by atoms with Crippen LogP contribution in [0.1, 0.15) is 34.9 Å². The van der Waals surface area contributed by atoms with Gasteiger partial charge in [0, 0.05) is 44.6 Å². The minimum absolute atomic E-state index is 0.0389. The van der Waals surface area contributed by atoms with Crippen LogP contribution in [0.4, 0.5) is 0 Å². The lowest BCUT2D eigenvalue weighted by molar-refractivity contribution is 0.119. The van der Waals surface area contributed by atoms with Crippen LogP contribution in [-0.4, -0.2) is 49.3 Å². The van der Waals surface area contributed by atoms with Gasteiger partial charge in [0.25, 0.3) is 0 Å². The molecule has 1 unspecified atom stereocenters. The zero-order chi connectivity index (χ0) is 19.6. The monoisotopic (exact) mass is 406 g/mol. The highest BCUT2D eigenvalue weighted by Crippen LogP contribution is 2.21.